The summed E-state index contributed by atoms with van der Waals surface area (Å²) in [7, 11) is -0.965. The van der Waals surface area contributed by atoms with Crippen molar-refractivity contribution in [3.8, 4) is 0 Å². The molecule has 0 aliphatic heterocycles. The molecule has 0 aromatic rings. The van der Waals surface area contributed by atoms with Crippen molar-refractivity contribution in [1.29, 1.82) is 0 Å². The molecule has 0 amide bonds. The zero-order valence-corrected chi connectivity index (χ0v) is 8.65. The molecule has 4 heteroatoms. The van der Waals surface area contributed by atoms with E-state index >= 15 is 0 Å². The van der Waals surface area contributed by atoms with Gasteiger partial charge in [-0.1, -0.05) is 12.2 Å². The Morgan fingerprint density at radius 2 is 1.30 bits per heavy atom. The molecule has 0 aromatic carbocycles. The second kappa shape index (κ2) is 5.36. The van der Waals surface area contributed by atoms with Crippen LogP contribution in [0.5, 0.6) is 0 Å². The fraction of sp³-hybridized carbons (Fsp3) is 1.00. The maximum atomic E-state index is 5.27. The van der Waals surface area contributed by atoms with E-state index in [2.05, 4.69) is 12.2 Å². The first-order valence-corrected chi connectivity index (χ1v) is 5.68. The summed E-state index contributed by atoms with van der Waals surface area (Å²) in [5, 5.41) is 0. The molecular weight excluding hydrogens is 167 g/mol. The summed E-state index contributed by atoms with van der Waals surface area (Å²) in [6, 6.07) is 0. The predicted octanol–water partition coefficient (Wildman–Crippen LogP) is 2.99. The summed E-state index contributed by atoms with van der Waals surface area (Å²) in [4.78, 5) is 0. The molecule has 0 aromatic heterocycles. The summed E-state index contributed by atoms with van der Waals surface area (Å²) in [6.07, 6.45) is 0.393. The van der Waals surface area contributed by atoms with Crippen molar-refractivity contribution in [2.75, 3.05) is 0 Å². The molecule has 0 radical (unpaired) electrons. The Morgan fingerprint density at radius 1 is 1.00 bits per heavy atom. The summed E-state index contributed by atoms with van der Waals surface area (Å²) >= 11 is 4.13. The van der Waals surface area contributed by atoms with Crippen molar-refractivity contribution < 1.29 is 9.05 Å². The van der Waals surface area contributed by atoms with Crippen LogP contribution >= 0.6 is 19.8 Å². The topological polar surface area (TPSA) is 18.5 Å². The standard InChI is InChI=1S/C6H15O2PS/c1-5(2)7-9(10)8-6(3)4/h5-6,10H,1-4H3. The van der Waals surface area contributed by atoms with Gasteiger partial charge in [0.1, 0.15) is 0 Å². The average molecular weight is 182 g/mol. The molecule has 0 aliphatic rings. The summed E-state index contributed by atoms with van der Waals surface area (Å²) in [6.45, 7) is 7.87. The zero-order valence-electron chi connectivity index (χ0n) is 6.87. The lowest BCUT2D eigenvalue weighted by Gasteiger charge is -2.16. The van der Waals surface area contributed by atoms with Crippen LogP contribution in [0.4, 0.5) is 0 Å². The van der Waals surface area contributed by atoms with Crippen molar-refractivity contribution in [2.24, 2.45) is 0 Å². The van der Waals surface area contributed by atoms with Crippen LogP contribution in [0.1, 0.15) is 27.7 Å². The molecule has 0 atom stereocenters. The Kier molecular flexibility index (Phi) is 5.74. The van der Waals surface area contributed by atoms with Gasteiger partial charge in [0, 0.05) is 0 Å². The highest BCUT2D eigenvalue weighted by molar-refractivity contribution is 8.41. The van der Waals surface area contributed by atoms with Crippen molar-refractivity contribution in [2.45, 2.75) is 39.9 Å². The molecule has 0 fully saturated rings. The molecule has 0 heterocycles. The second-order valence-corrected chi connectivity index (χ2v) is 4.42. The maximum absolute atomic E-state index is 5.27. The smallest absolute Gasteiger partial charge is 0.235 e. The fourth-order valence-electron chi connectivity index (χ4n) is 0.386. The van der Waals surface area contributed by atoms with E-state index in [-0.39, 0.29) is 12.2 Å². The highest BCUT2D eigenvalue weighted by Gasteiger charge is 2.08. The van der Waals surface area contributed by atoms with Crippen LogP contribution < -0.4 is 0 Å². The van der Waals surface area contributed by atoms with E-state index in [0.29, 0.717) is 0 Å². The normalized spacial score (nSPS) is 12.0. The Morgan fingerprint density at radius 3 is 1.50 bits per heavy atom. The first-order chi connectivity index (χ1) is 4.52. The lowest BCUT2D eigenvalue weighted by atomic mass is 10.5. The molecule has 0 aliphatic carbocycles. The molecular formula is C6H15O2PS. The summed E-state index contributed by atoms with van der Waals surface area (Å²) in [5.74, 6) is 0. The maximum Gasteiger partial charge on any atom is 0.235 e. The highest BCUT2D eigenvalue weighted by atomic mass is 32.7. The summed E-state index contributed by atoms with van der Waals surface area (Å²) in [5.41, 5.74) is 0. The predicted molar refractivity (Wildman–Crippen MR) is 48.3 cm³/mol. The fourth-order valence-corrected chi connectivity index (χ4v) is 2.29. The quantitative estimate of drug-likeness (QED) is 0.532. The molecule has 0 rings (SSSR count). The van der Waals surface area contributed by atoms with Gasteiger partial charge in [-0.25, -0.2) is 0 Å². The molecule has 0 N–H and O–H groups in total. The van der Waals surface area contributed by atoms with Gasteiger partial charge in [-0.2, -0.15) is 0 Å². The Balaban J connectivity index is 3.34. The number of hydrogen-bond acceptors (Lipinski definition) is 3. The SMILES string of the molecule is CC(C)OP(S)OC(C)C. The van der Waals surface area contributed by atoms with Crippen LogP contribution in [-0.4, -0.2) is 12.2 Å². The molecule has 62 valence electrons. The van der Waals surface area contributed by atoms with E-state index in [1.54, 1.807) is 0 Å². The zero-order chi connectivity index (χ0) is 8.15. The van der Waals surface area contributed by atoms with Gasteiger partial charge in [0.05, 0.1) is 12.2 Å². The monoisotopic (exact) mass is 182 g/mol. The van der Waals surface area contributed by atoms with Crippen molar-refractivity contribution in [3.05, 3.63) is 0 Å². The Bertz CT molecular complexity index is 77.8. The van der Waals surface area contributed by atoms with Gasteiger partial charge in [0.2, 0.25) is 7.58 Å². The summed E-state index contributed by atoms with van der Waals surface area (Å²) < 4.78 is 10.5. The van der Waals surface area contributed by atoms with Gasteiger partial charge in [-0.05, 0) is 27.7 Å². The van der Waals surface area contributed by atoms with Gasteiger partial charge in [0.25, 0.3) is 0 Å². The second-order valence-electron chi connectivity index (χ2n) is 2.55. The lowest BCUT2D eigenvalue weighted by Crippen LogP contribution is -2.01. The Hall–Kier alpha value is 0.700. The van der Waals surface area contributed by atoms with Crippen molar-refractivity contribution >= 4 is 19.8 Å². The number of hydrogen-bond donors (Lipinski definition) is 1. The van der Waals surface area contributed by atoms with Gasteiger partial charge in [0.15, 0.2) is 0 Å². The highest BCUT2D eigenvalue weighted by Crippen LogP contribution is 2.45. The minimum absolute atomic E-state index is 0.197. The molecule has 0 saturated heterocycles. The van der Waals surface area contributed by atoms with Crippen LogP contribution in [0, 0.1) is 0 Å². The van der Waals surface area contributed by atoms with E-state index < -0.39 is 7.58 Å². The van der Waals surface area contributed by atoms with Crippen molar-refractivity contribution in [3.63, 3.8) is 0 Å². The largest absolute Gasteiger partial charge is 0.323 e. The molecule has 0 bridgehead atoms. The molecule has 10 heavy (non-hydrogen) atoms. The third kappa shape index (κ3) is 6.81. The van der Waals surface area contributed by atoms with E-state index in [1.165, 1.54) is 0 Å². The van der Waals surface area contributed by atoms with Crippen LogP contribution in [0.25, 0.3) is 0 Å². The van der Waals surface area contributed by atoms with Crippen LogP contribution in [0.15, 0.2) is 0 Å². The van der Waals surface area contributed by atoms with E-state index in [4.69, 9.17) is 9.05 Å². The van der Waals surface area contributed by atoms with E-state index in [9.17, 15) is 0 Å². The van der Waals surface area contributed by atoms with Crippen molar-refractivity contribution in [1.82, 2.24) is 0 Å². The average Bonchev–Trinajstić information content (AvgIpc) is 1.58. The van der Waals surface area contributed by atoms with Crippen LogP contribution in [-0.2, 0) is 9.05 Å². The Labute approximate surface area is 69.4 Å². The van der Waals surface area contributed by atoms with Gasteiger partial charge < -0.3 is 9.05 Å². The molecule has 2 nitrogen and oxygen atoms in total. The first-order valence-electron chi connectivity index (χ1n) is 3.35. The third-order valence-corrected chi connectivity index (χ3v) is 2.37. The van der Waals surface area contributed by atoms with Crippen LogP contribution in [0.2, 0.25) is 0 Å². The van der Waals surface area contributed by atoms with Gasteiger partial charge in [-0.3, -0.25) is 0 Å². The minimum Gasteiger partial charge on any atom is -0.323 e. The van der Waals surface area contributed by atoms with Crippen LogP contribution in [0.3, 0.4) is 0 Å². The molecule has 0 unspecified atom stereocenters. The number of rotatable bonds is 4. The lowest BCUT2D eigenvalue weighted by molar-refractivity contribution is 0.188. The van der Waals surface area contributed by atoms with E-state index in [1.807, 2.05) is 27.7 Å². The minimum atomic E-state index is -0.965. The number of thiol groups is 1. The molecule has 0 spiro atoms. The first kappa shape index (κ1) is 10.7. The molecule has 0 saturated carbocycles. The van der Waals surface area contributed by atoms with Gasteiger partial charge in [-0.15, -0.1) is 0 Å². The third-order valence-electron chi connectivity index (χ3n) is 0.602. The van der Waals surface area contributed by atoms with Gasteiger partial charge >= 0.3 is 0 Å². The van der Waals surface area contributed by atoms with E-state index in [0.717, 1.165) is 0 Å².